The average molecular weight is 315 g/mol. The second kappa shape index (κ2) is 5.21. The van der Waals surface area contributed by atoms with Crippen LogP contribution in [0, 0.1) is 0 Å². The van der Waals surface area contributed by atoms with Gasteiger partial charge < -0.3 is 5.32 Å². The molecule has 2 rings (SSSR count). The first-order chi connectivity index (χ1) is 8.13. The van der Waals surface area contributed by atoms with E-state index in [2.05, 4.69) is 26.3 Å². The maximum atomic E-state index is 5.90. The van der Waals surface area contributed by atoms with Gasteiger partial charge in [-0.15, -0.1) is 0 Å². The molecular weight excluding hydrogens is 302 g/mol. The summed E-state index contributed by atoms with van der Waals surface area (Å²) in [6.07, 6.45) is 1.80. The highest BCUT2D eigenvalue weighted by molar-refractivity contribution is 9.10. The third-order valence-electron chi connectivity index (χ3n) is 2.70. The van der Waals surface area contributed by atoms with E-state index in [9.17, 15) is 0 Å². The van der Waals surface area contributed by atoms with Crippen molar-refractivity contribution in [1.29, 1.82) is 0 Å². The number of nitrogens with zero attached hydrogens (tertiary/aromatic N) is 2. The summed E-state index contributed by atoms with van der Waals surface area (Å²) in [5, 5.41) is 8.26. The molecule has 0 bridgehead atoms. The van der Waals surface area contributed by atoms with Crippen molar-refractivity contribution in [2.75, 3.05) is 7.05 Å². The van der Waals surface area contributed by atoms with Gasteiger partial charge in [-0.1, -0.05) is 23.7 Å². The Morgan fingerprint density at radius 2 is 2.00 bits per heavy atom. The third kappa shape index (κ3) is 2.54. The van der Waals surface area contributed by atoms with E-state index >= 15 is 0 Å². The first kappa shape index (κ1) is 12.6. The largest absolute Gasteiger partial charge is 0.308 e. The predicted octanol–water partition coefficient (Wildman–Crippen LogP) is 3.14. The van der Waals surface area contributed by atoms with Crippen molar-refractivity contribution in [3.05, 3.63) is 51.2 Å². The molecule has 0 fully saturated rings. The van der Waals surface area contributed by atoms with Crippen molar-refractivity contribution in [1.82, 2.24) is 15.1 Å². The Kier molecular flexibility index (Phi) is 3.86. The zero-order valence-electron chi connectivity index (χ0n) is 9.61. The quantitative estimate of drug-likeness (QED) is 0.943. The SMILES string of the molecule is CNC(c1ccc(Cl)cc1)c1c(Br)cnn1C. The van der Waals surface area contributed by atoms with Crippen LogP contribution in [0.3, 0.4) is 0 Å². The second-order valence-corrected chi connectivity index (χ2v) is 5.07. The lowest BCUT2D eigenvalue weighted by Gasteiger charge is -2.17. The van der Waals surface area contributed by atoms with E-state index in [0.29, 0.717) is 0 Å². The molecule has 1 N–H and O–H groups in total. The number of rotatable bonds is 3. The summed E-state index contributed by atoms with van der Waals surface area (Å²) in [6.45, 7) is 0. The third-order valence-corrected chi connectivity index (χ3v) is 3.57. The van der Waals surface area contributed by atoms with E-state index in [4.69, 9.17) is 11.6 Å². The first-order valence-corrected chi connectivity index (χ1v) is 6.40. The Bertz CT molecular complexity index is 487. The van der Waals surface area contributed by atoms with E-state index in [1.807, 2.05) is 43.0 Å². The molecule has 0 aliphatic heterocycles. The molecule has 1 aromatic heterocycles. The van der Waals surface area contributed by atoms with Crippen LogP contribution in [0.4, 0.5) is 0 Å². The maximum Gasteiger partial charge on any atom is 0.0757 e. The molecule has 0 spiro atoms. The summed E-state index contributed by atoms with van der Waals surface area (Å²) < 4.78 is 2.86. The van der Waals surface area contributed by atoms with Crippen LogP contribution in [0.15, 0.2) is 34.9 Å². The van der Waals surface area contributed by atoms with E-state index in [1.165, 1.54) is 0 Å². The summed E-state index contributed by atoms with van der Waals surface area (Å²) in [7, 11) is 3.86. The molecule has 0 saturated heterocycles. The fourth-order valence-electron chi connectivity index (χ4n) is 1.86. The van der Waals surface area contributed by atoms with Crippen LogP contribution in [0.5, 0.6) is 0 Å². The van der Waals surface area contributed by atoms with E-state index < -0.39 is 0 Å². The Balaban J connectivity index is 2.43. The second-order valence-electron chi connectivity index (χ2n) is 3.77. The Morgan fingerprint density at radius 3 is 2.47 bits per heavy atom. The molecule has 0 aliphatic rings. The van der Waals surface area contributed by atoms with Gasteiger partial charge in [0, 0.05) is 12.1 Å². The summed E-state index contributed by atoms with van der Waals surface area (Å²) >= 11 is 9.42. The van der Waals surface area contributed by atoms with Gasteiger partial charge in [0.1, 0.15) is 0 Å². The topological polar surface area (TPSA) is 29.9 Å². The number of aryl methyl sites for hydroxylation is 1. The van der Waals surface area contributed by atoms with Crippen molar-refractivity contribution in [3.8, 4) is 0 Å². The van der Waals surface area contributed by atoms with Crippen LogP contribution in [0.2, 0.25) is 5.02 Å². The molecule has 90 valence electrons. The summed E-state index contributed by atoms with van der Waals surface area (Å²) in [4.78, 5) is 0. The first-order valence-electron chi connectivity index (χ1n) is 5.23. The molecule has 0 radical (unpaired) electrons. The monoisotopic (exact) mass is 313 g/mol. The van der Waals surface area contributed by atoms with Gasteiger partial charge in [0.25, 0.3) is 0 Å². The molecule has 3 nitrogen and oxygen atoms in total. The molecule has 1 heterocycles. The van der Waals surface area contributed by atoms with Crippen LogP contribution in [-0.4, -0.2) is 16.8 Å². The minimum Gasteiger partial charge on any atom is -0.308 e. The van der Waals surface area contributed by atoms with Gasteiger partial charge in [0.15, 0.2) is 0 Å². The minimum absolute atomic E-state index is 0.0918. The van der Waals surface area contributed by atoms with Gasteiger partial charge >= 0.3 is 0 Å². The van der Waals surface area contributed by atoms with E-state index in [0.717, 1.165) is 20.8 Å². The molecule has 1 unspecified atom stereocenters. The molecule has 5 heteroatoms. The number of nitrogens with one attached hydrogen (secondary N) is 1. The summed E-state index contributed by atoms with van der Waals surface area (Å²) in [6, 6.07) is 7.91. The van der Waals surface area contributed by atoms with Gasteiger partial charge in [-0.25, -0.2) is 0 Å². The van der Waals surface area contributed by atoms with Gasteiger partial charge in [-0.2, -0.15) is 5.10 Å². The number of aromatic nitrogens is 2. The van der Waals surface area contributed by atoms with Gasteiger partial charge in [0.05, 0.1) is 22.4 Å². The lowest BCUT2D eigenvalue weighted by Crippen LogP contribution is -2.21. The lowest BCUT2D eigenvalue weighted by atomic mass is 10.0. The highest BCUT2D eigenvalue weighted by Gasteiger charge is 2.18. The predicted molar refractivity (Wildman–Crippen MR) is 73.3 cm³/mol. The molecule has 0 saturated carbocycles. The van der Waals surface area contributed by atoms with Gasteiger partial charge in [0.2, 0.25) is 0 Å². The Labute approximate surface area is 114 Å². The molecule has 17 heavy (non-hydrogen) atoms. The van der Waals surface area contributed by atoms with Crippen LogP contribution < -0.4 is 5.32 Å². The smallest absolute Gasteiger partial charge is 0.0757 e. The zero-order valence-corrected chi connectivity index (χ0v) is 12.0. The minimum atomic E-state index is 0.0918. The normalized spacial score (nSPS) is 12.7. The number of benzene rings is 1. The van der Waals surface area contributed by atoms with E-state index in [1.54, 1.807) is 6.20 Å². The standard InChI is InChI=1S/C12H13BrClN3/c1-15-11(8-3-5-9(14)6-4-8)12-10(13)7-16-17(12)2/h3-7,11,15H,1-2H3. The van der Waals surface area contributed by atoms with Crippen LogP contribution >= 0.6 is 27.5 Å². The number of hydrogen-bond donors (Lipinski definition) is 1. The Morgan fingerprint density at radius 1 is 1.35 bits per heavy atom. The molecule has 1 atom stereocenters. The van der Waals surface area contributed by atoms with Crippen molar-refractivity contribution >= 4 is 27.5 Å². The highest BCUT2D eigenvalue weighted by atomic mass is 79.9. The average Bonchev–Trinajstić information content (AvgIpc) is 2.64. The summed E-state index contributed by atoms with van der Waals surface area (Å²) in [5.41, 5.74) is 2.25. The molecule has 1 aromatic carbocycles. The van der Waals surface area contributed by atoms with Crippen molar-refractivity contribution in [3.63, 3.8) is 0 Å². The number of halogens is 2. The number of hydrogen-bond acceptors (Lipinski definition) is 2. The van der Waals surface area contributed by atoms with Crippen molar-refractivity contribution in [2.24, 2.45) is 7.05 Å². The molecule has 0 amide bonds. The fraction of sp³-hybridized carbons (Fsp3) is 0.250. The van der Waals surface area contributed by atoms with Crippen LogP contribution in [0.25, 0.3) is 0 Å². The van der Waals surface area contributed by atoms with E-state index in [-0.39, 0.29) is 6.04 Å². The van der Waals surface area contributed by atoms with Crippen molar-refractivity contribution < 1.29 is 0 Å². The van der Waals surface area contributed by atoms with Crippen LogP contribution in [0.1, 0.15) is 17.3 Å². The summed E-state index contributed by atoms with van der Waals surface area (Å²) in [5.74, 6) is 0. The van der Waals surface area contributed by atoms with Gasteiger partial charge in [-0.05, 0) is 40.7 Å². The maximum absolute atomic E-state index is 5.90. The van der Waals surface area contributed by atoms with Crippen molar-refractivity contribution in [2.45, 2.75) is 6.04 Å². The molecule has 0 aliphatic carbocycles. The Hall–Kier alpha value is -0.840. The lowest BCUT2D eigenvalue weighted by molar-refractivity contribution is 0.604. The molecular formula is C12H13BrClN3. The zero-order chi connectivity index (χ0) is 12.4. The highest BCUT2D eigenvalue weighted by Crippen LogP contribution is 2.28. The molecule has 2 aromatic rings. The van der Waals surface area contributed by atoms with Gasteiger partial charge in [-0.3, -0.25) is 4.68 Å². The van der Waals surface area contributed by atoms with Crippen LogP contribution in [-0.2, 0) is 7.05 Å². The fourth-order valence-corrected chi connectivity index (χ4v) is 2.56.